The summed E-state index contributed by atoms with van der Waals surface area (Å²) in [5.41, 5.74) is 2.39. The number of nitrogens with zero attached hydrogens (tertiary/aromatic N) is 3. The van der Waals surface area contributed by atoms with E-state index in [-0.39, 0.29) is 18.0 Å². The molecule has 2 unspecified atom stereocenters. The zero-order valence-electron chi connectivity index (χ0n) is 16.9. The molecule has 2 heterocycles. The summed E-state index contributed by atoms with van der Waals surface area (Å²) in [5, 5.41) is 12.4. The highest BCUT2D eigenvalue weighted by molar-refractivity contribution is 5.95. The Kier molecular flexibility index (Phi) is 5.01. The topological polar surface area (TPSA) is 78.3 Å². The van der Waals surface area contributed by atoms with Gasteiger partial charge < -0.3 is 15.0 Å². The summed E-state index contributed by atoms with van der Waals surface area (Å²) in [6.45, 7) is 0.746. The van der Waals surface area contributed by atoms with Crippen molar-refractivity contribution in [2.24, 2.45) is 5.92 Å². The number of carbonyl (C=O) groups excluding carboxylic acids is 1. The van der Waals surface area contributed by atoms with Crippen LogP contribution < -0.4 is 10.1 Å². The Morgan fingerprint density at radius 3 is 2.65 bits per heavy atom. The fourth-order valence-electron chi connectivity index (χ4n) is 4.67. The van der Waals surface area contributed by atoms with E-state index < -0.39 is 0 Å². The van der Waals surface area contributed by atoms with Crippen LogP contribution >= 0.6 is 0 Å². The molecule has 2 aromatic carbocycles. The van der Waals surface area contributed by atoms with Crippen molar-refractivity contribution in [3.8, 4) is 28.8 Å². The van der Waals surface area contributed by atoms with Crippen molar-refractivity contribution in [1.82, 2.24) is 15.2 Å². The van der Waals surface area contributed by atoms with Gasteiger partial charge in [-0.25, -0.2) is 0 Å². The normalized spacial score (nSPS) is 21.5. The van der Waals surface area contributed by atoms with E-state index in [4.69, 9.17) is 4.74 Å². The number of amides is 1. The van der Waals surface area contributed by atoms with E-state index in [2.05, 4.69) is 16.5 Å². The molecule has 1 amide bonds. The number of carbonyl (C=O) groups is 1. The van der Waals surface area contributed by atoms with Crippen LogP contribution in [0.3, 0.4) is 0 Å². The van der Waals surface area contributed by atoms with Crippen LogP contribution in [0.1, 0.15) is 23.2 Å². The average molecular weight is 410 g/mol. The molecule has 6 heteroatoms. The molecular formula is C25H22N4O2. The van der Waals surface area contributed by atoms with Gasteiger partial charge in [0.15, 0.2) is 6.19 Å². The molecule has 2 bridgehead atoms. The Labute approximate surface area is 181 Å². The van der Waals surface area contributed by atoms with Crippen molar-refractivity contribution in [2.45, 2.75) is 24.9 Å². The third-order valence-corrected chi connectivity index (χ3v) is 6.22. The smallest absolute Gasteiger partial charge is 0.251 e. The first-order chi connectivity index (χ1) is 15.2. The monoisotopic (exact) mass is 410 g/mol. The molecule has 3 atom stereocenters. The Balaban J connectivity index is 1.32. The molecule has 1 saturated carbocycles. The fourth-order valence-corrected chi connectivity index (χ4v) is 4.67. The van der Waals surface area contributed by atoms with Crippen molar-refractivity contribution < 1.29 is 9.53 Å². The van der Waals surface area contributed by atoms with Crippen LogP contribution in [0.25, 0.3) is 11.1 Å². The van der Waals surface area contributed by atoms with Crippen molar-refractivity contribution in [1.29, 1.82) is 5.26 Å². The number of nitriles is 1. The van der Waals surface area contributed by atoms with Crippen molar-refractivity contribution in [2.75, 3.05) is 6.54 Å². The van der Waals surface area contributed by atoms with E-state index in [0.717, 1.165) is 36.3 Å². The van der Waals surface area contributed by atoms with Crippen LogP contribution in [0.5, 0.6) is 11.5 Å². The maximum Gasteiger partial charge on any atom is 0.251 e. The second-order valence-electron chi connectivity index (χ2n) is 8.02. The van der Waals surface area contributed by atoms with E-state index in [9.17, 15) is 10.1 Å². The van der Waals surface area contributed by atoms with Crippen molar-refractivity contribution >= 4 is 5.91 Å². The van der Waals surface area contributed by atoms with Crippen molar-refractivity contribution in [3.05, 3.63) is 78.6 Å². The lowest BCUT2D eigenvalue weighted by atomic mass is 10.0. The number of hydrogen-bond acceptors (Lipinski definition) is 5. The van der Waals surface area contributed by atoms with E-state index >= 15 is 0 Å². The van der Waals surface area contributed by atoms with Crippen molar-refractivity contribution in [3.63, 3.8) is 0 Å². The third kappa shape index (κ3) is 3.71. The molecule has 3 aromatic rings. The molecule has 31 heavy (non-hydrogen) atoms. The third-order valence-electron chi connectivity index (χ3n) is 6.22. The predicted molar refractivity (Wildman–Crippen MR) is 116 cm³/mol. The molecule has 6 nitrogen and oxygen atoms in total. The molecule has 1 N–H and O–H groups in total. The molecule has 2 fully saturated rings. The highest BCUT2D eigenvalue weighted by Gasteiger charge is 2.47. The predicted octanol–water partition coefficient (Wildman–Crippen LogP) is 4.21. The average Bonchev–Trinajstić information content (AvgIpc) is 3.36. The number of benzene rings is 2. The molecule has 0 spiro atoms. The van der Waals surface area contributed by atoms with Gasteiger partial charge in [0.1, 0.15) is 11.5 Å². The molecule has 1 saturated heterocycles. The van der Waals surface area contributed by atoms with Gasteiger partial charge in [-0.3, -0.25) is 9.78 Å². The zero-order chi connectivity index (χ0) is 21.2. The minimum Gasteiger partial charge on any atom is -0.457 e. The van der Waals surface area contributed by atoms with Crippen LogP contribution in [-0.2, 0) is 0 Å². The summed E-state index contributed by atoms with van der Waals surface area (Å²) in [5.74, 6) is 1.72. The summed E-state index contributed by atoms with van der Waals surface area (Å²) in [4.78, 5) is 18.9. The number of rotatable bonds is 5. The Hall–Kier alpha value is -3.85. The maximum atomic E-state index is 12.8. The van der Waals surface area contributed by atoms with E-state index in [0.29, 0.717) is 17.2 Å². The highest BCUT2D eigenvalue weighted by atomic mass is 16.5. The fraction of sp³-hybridized carbons (Fsp3) is 0.240. The minimum atomic E-state index is -0.0971. The molecule has 1 aliphatic carbocycles. The molecule has 5 rings (SSSR count). The number of nitrogens with one attached hydrogen (secondary N) is 1. The van der Waals surface area contributed by atoms with Gasteiger partial charge in [-0.15, -0.1) is 0 Å². The molecule has 0 radical (unpaired) electrons. The first kappa shape index (κ1) is 19.1. The SMILES string of the molecule is N#CN1CC2CCC1[C@@H]2NC(=O)c1ccc(-c2cnccc2Oc2ccccc2)cc1. The van der Waals surface area contributed by atoms with Crippen LogP contribution in [0.2, 0.25) is 0 Å². The van der Waals surface area contributed by atoms with Gasteiger partial charge in [0.2, 0.25) is 0 Å². The van der Waals surface area contributed by atoms with Crippen LogP contribution in [0.4, 0.5) is 0 Å². The number of fused-ring (bicyclic) bond motifs is 2. The Morgan fingerprint density at radius 1 is 1.10 bits per heavy atom. The molecule has 154 valence electrons. The van der Waals surface area contributed by atoms with Gasteiger partial charge in [0.25, 0.3) is 5.91 Å². The van der Waals surface area contributed by atoms with Gasteiger partial charge >= 0.3 is 0 Å². The number of para-hydroxylation sites is 1. The van der Waals surface area contributed by atoms with Gasteiger partial charge in [-0.2, -0.15) is 5.26 Å². The summed E-state index contributed by atoms with van der Waals surface area (Å²) in [6.07, 6.45) is 7.75. The maximum absolute atomic E-state index is 12.8. The standard InChI is InChI=1S/C25H22N4O2/c26-16-29-15-19-10-11-22(29)24(19)28-25(30)18-8-6-17(7-9-18)21-14-27-13-12-23(21)31-20-4-2-1-3-5-20/h1-9,12-14,19,22,24H,10-11,15H2,(H,28,30)/t19?,22?,24-/m1/s1. The number of pyridine rings is 1. The number of aromatic nitrogens is 1. The molecule has 2 aliphatic rings. The van der Waals surface area contributed by atoms with Crippen LogP contribution in [-0.4, -0.2) is 34.4 Å². The lowest BCUT2D eigenvalue weighted by Gasteiger charge is -2.21. The zero-order valence-corrected chi connectivity index (χ0v) is 16.9. The van der Waals surface area contributed by atoms with Gasteiger partial charge in [-0.1, -0.05) is 30.3 Å². The number of likely N-dealkylation sites (tertiary alicyclic amines) is 1. The number of hydrogen-bond donors (Lipinski definition) is 1. The summed E-state index contributed by atoms with van der Waals surface area (Å²) >= 11 is 0. The quantitative estimate of drug-likeness (QED) is 0.638. The highest BCUT2D eigenvalue weighted by Crippen LogP contribution is 2.37. The minimum absolute atomic E-state index is 0.0519. The summed E-state index contributed by atoms with van der Waals surface area (Å²) < 4.78 is 6.03. The van der Waals surface area contributed by atoms with Gasteiger partial charge in [0, 0.05) is 30.1 Å². The lowest BCUT2D eigenvalue weighted by Crippen LogP contribution is -2.42. The Bertz CT molecular complexity index is 1120. The largest absolute Gasteiger partial charge is 0.457 e. The second-order valence-corrected chi connectivity index (χ2v) is 8.02. The van der Waals surface area contributed by atoms with Crippen LogP contribution in [0.15, 0.2) is 73.1 Å². The first-order valence-corrected chi connectivity index (χ1v) is 10.5. The summed E-state index contributed by atoms with van der Waals surface area (Å²) in [6, 6.07) is 19.1. The molecular weight excluding hydrogens is 388 g/mol. The summed E-state index contributed by atoms with van der Waals surface area (Å²) in [7, 11) is 0. The first-order valence-electron chi connectivity index (χ1n) is 10.5. The second kappa shape index (κ2) is 8.11. The number of piperidine rings is 1. The van der Waals surface area contributed by atoms with E-state index in [1.54, 1.807) is 17.3 Å². The number of ether oxygens (including phenoxy) is 1. The molecule has 1 aromatic heterocycles. The Morgan fingerprint density at radius 2 is 1.90 bits per heavy atom. The van der Waals surface area contributed by atoms with Gasteiger partial charge in [0.05, 0.1) is 12.1 Å². The van der Waals surface area contributed by atoms with E-state index in [1.165, 1.54) is 0 Å². The van der Waals surface area contributed by atoms with E-state index in [1.807, 2.05) is 60.7 Å². The van der Waals surface area contributed by atoms with Crippen LogP contribution in [0, 0.1) is 17.4 Å². The molecule has 1 aliphatic heterocycles. The van der Waals surface area contributed by atoms with Gasteiger partial charge in [-0.05, 0) is 54.7 Å². The lowest BCUT2D eigenvalue weighted by molar-refractivity contribution is 0.0929.